The number of hydrogen-bond donors (Lipinski definition) is 1. The Morgan fingerprint density at radius 2 is 1.70 bits per heavy atom. The van der Waals surface area contributed by atoms with Crippen LogP contribution in [0.25, 0.3) is 0 Å². The molecule has 1 unspecified atom stereocenters. The van der Waals surface area contributed by atoms with E-state index in [1.54, 1.807) is 0 Å². The van der Waals surface area contributed by atoms with Gasteiger partial charge in [0.2, 0.25) is 0 Å². The molecule has 1 atom stereocenters. The zero-order valence-corrected chi connectivity index (χ0v) is 9.74. The molecule has 1 nitrogen and oxygen atoms in total. The van der Waals surface area contributed by atoms with Gasteiger partial charge in [0.15, 0.2) is 0 Å². The van der Waals surface area contributed by atoms with E-state index in [2.05, 4.69) is 31.9 Å². The predicted molar refractivity (Wildman–Crippen MR) is 51.7 cm³/mol. The van der Waals surface area contributed by atoms with Crippen molar-refractivity contribution in [2.45, 2.75) is 37.0 Å². The summed E-state index contributed by atoms with van der Waals surface area (Å²) in [6.07, 6.45) is 0.486. The van der Waals surface area contributed by atoms with E-state index in [4.69, 9.17) is 0 Å². The molecule has 0 aromatic carbocycles. The van der Waals surface area contributed by atoms with Crippen molar-refractivity contribution in [2.75, 3.05) is 0 Å². The first-order valence-electron chi connectivity index (χ1n) is 3.30. The SMILES string of the molecule is CC(C)(C)C(O)CC(Br)Br. The fraction of sp³-hybridized carbons (Fsp3) is 1.00. The van der Waals surface area contributed by atoms with Crippen molar-refractivity contribution < 1.29 is 5.11 Å². The van der Waals surface area contributed by atoms with Crippen LogP contribution in [0.1, 0.15) is 27.2 Å². The van der Waals surface area contributed by atoms with Gasteiger partial charge in [0.05, 0.1) is 9.84 Å². The molecule has 0 radical (unpaired) electrons. The van der Waals surface area contributed by atoms with Crippen molar-refractivity contribution in [3.63, 3.8) is 0 Å². The van der Waals surface area contributed by atoms with Crippen LogP contribution in [0.2, 0.25) is 0 Å². The van der Waals surface area contributed by atoms with E-state index in [0.717, 1.165) is 6.42 Å². The monoisotopic (exact) mass is 272 g/mol. The van der Waals surface area contributed by atoms with Crippen LogP contribution in [0.5, 0.6) is 0 Å². The highest BCUT2D eigenvalue weighted by Crippen LogP contribution is 2.26. The molecule has 10 heavy (non-hydrogen) atoms. The quantitative estimate of drug-likeness (QED) is 0.767. The van der Waals surface area contributed by atoms with Crippen molar-refractivity contribution >= 4 is 31.9 Å². The third-order valence-electron chi connectivity index (χ3n) is 1.40. The zero-order valence-electron chi connectivity index (χ0n) is 6.56. The first-order valence-corrected chi connectivity index (χ1v) is 5.13. The summed E-state index contributed by atoms with van der Waals surface area (Å²) in [6, 6.07) is 0. The maximum atomic E-state index is 9.50. The van der Waals surface area contributed by atoms with Crippen molar-refractivity contribution in [2.24, 2.45) is 5.41 Å². The van der Waals surface area contributed by atoms with E-state index in [-0.39, 0.29) is 15.3 Å². The molecule has 0 bridgehead atoms. The fourth-order valence-electron chi connectivity index (χ4n) is 0.522. The van der Waals surface area contributed by atoms with Gasteiger partial charge in [0.1, 0.15) is 0 Å². The van der Waals surface area contributed by atoms with Gasteiger partial charge in [-0.3, -0.25) is 0 Å². The number of alkyl halides is 2. The highest BCUT2D eigenvalue weighted by Gasteiger charge is 2.23. The minimum absolute atomic E-state index is 0.0141. The molecule has 0 aliphatic carbocycles. The van der Waals surface area contributed by atoms with Gasteiger partial charge in [0, 0.05) is 0 Å². The Morgan fingerprint density at radius 3 is 1.80 bits per heavy atom. The molecule has 62 valence electrons. The number of hydrogen-bond acceptors (Lipinski definition) is 1. The summed E-state index contributed by atoms with van der Waals surface area (Å²) >= 11 is 6.65. The minimum Gasteiger partial charge on any atom is -0.393 e. The summed E-state index contributed by atoms with van der Waals surface area (Å²) in [4.78, 5) is 0. The lowest BCUT2D eigenvalue weighted by molar-refractivity contribution is 0.0601. The van der Waals surface area contributed by atoms with Crippen molar-refractivity contribution in [3.8, 4) is 0 Å². The maximum absolute atomic E-state index is 9.50. The van der Waals surface area contributed by atoms with Gasteiger partial charge < -0.3 is 5.11 Å². The molecule has 0 fully saturated rings. The molecular weight excluding hydrogens is 260 g/mol. The Morgan fingerprint density at radius 1 is 1.30 bits per heavy atom. The smallest absolute Gasteiger partial charge is 0.0722 e. The molecule has 0 saturated carbocycles. The van der Waals surface area contributed by atoms with Crippen LogP contribution in [-0.2, 0) is 0 Å². The first kappa shape index (κ1) is 10.9. The van der Waals surface area contributed by atoms with Crippen LogP contribution in [0.15, 0.2) is 0 Å². The molecule has 3 heteroatoms. The highest BCUT2D eigenvalue weighted by molar-refractivity contribution is 9.24. The van der Waals surface area contributed by atoms with Crippen LogP contribution in [-0.4, -0.2) is 14.9 Å². The van der Waals surface area contributed by atoms with Gasteiger partial charge in [-0.15, -0.1) is 0 Å². The molecule has 0 rings (SSSR count). The van der Waals surface area contributed by atoms with Crippen molar-refractivity contribution in [1.82, 2.24) is 0 Å². The minimum atomic E-state index is -0.253. The van der Waals surface area contributed by atoms with E-state index in [9.17, 15) is 5.11 Å². The van der Waals surface area contributed by atoms with Crippen LogP contribution in [0.4, 0.5) is 0 Å². The lowest BCUT2D eigenvalue weighted by atomic mass is 9.88. The van der Waals surface area contributed by atoms with E-state index >= 15 is 0 Å². The first-order chi connectivity index (χ1) is 4.34. The fourth-order valence-corrected chi connectivity index (χ4v) is 1.23. The van der Waals surface area contributed by atoms with Crippen LogP contribution < -0.4 is 0 Å². The highest BCUT2D eigenvalue weighted by atomic mass is 79.9. The Bertz CT molecular complexity index is 96.3. The Balaban J connectivity index is 3.73. The van der Waals surface area contributed by atoms with Gasteiger partial charge >= 0.3 is 0 Å². The molecule has 0 aromatic heterocycles. The van der Waals surface area contributed by atoms with Gasteiger partial charge in [0.25, 0.3) is 0 Å². The van der Waals surface area contributed by atoms with Gasteiger partial charge in [-0.1, -0.05) is 52.6 Å². The summed E-state index contributed by atoms with van der Waals surface area (Å²) in [5.41, 5.74) is -0.0141. The molecule has 0 saturated heterocycles. The van der Waals surface area contributed by atoms with E-state index in [1.807, 2.05) is 20.8 Å². The van der Waals surface area contributed by atoms with Crippen LogP contribution in [0, 0.1) is 5.41 Å². The number of halogens is 2. The van der Waals surface area contributed by atoms with Crippen molar-refractivity contribution in [1.29, 1.82) is 0 Å². The molecule has 1 N–H and O–H groups in total. The Hall–Kier alpha value is 0.920. The average Bonchev–Trinajstić information content (AvgIpc) is 1.60. The summed E-state index contributed by atoms with van der Waals surface area (Å²) < 4.78 is 0.217. The van der Waals surface area contributed by atoms with E-state index in [0.29, 0.717) is 0 Å². The normalized spacial score (nSPS) is 15.9. The lowest BCUT2D eigenvalue weighted by Crippen LogP contribution is -2.27. The van der Waals surface area contributed by atoms with Gasteiger partial charge in [-0.25, -0.2) is 0 Å². The molecule has 0 aliphatic rings. The summed E-state index contributed by atoms with van der Waals surface area (Å²) in [5.74, 6) is 0. The predicted octanol–water partition coefficient (Wildman–Crippen LogP) is 2.90. The average molecular weight is 274 g/mol. The largest absolute Gasteiger partial charge is 0.393 e. The zero-order chi connectivity index (χ0) is 8.36. The van der Waals surface area contributed by atoms with Crippen LogP contribution >= 0.6 is 31.9 Å². The molecule has 0 heterocycles. The third-order valence-corrected chi connectivity index (χ3v) is 2.15. The second-order valence-electron chi connectivity index (χ2n) is 3.51. The maximum Gasteiger partial charge on any atom is 0.0722 e. The second kappa shape index (κ2) is 4.07. The van der Waals surface area contributed by atoms with E-state index < -0.39 is 0 Å². The molecular formula is C7H14Br2O. The van der Waals surface area contributed by atoms with E-state index in [1.165, 1.54) is 0 Å². The molecule has 0 aromatic rings. The molecule has 0 aliphatic heterocycles. The number of aliphatic hydroxyl groups excluding tert-OH is 1. The molecule has 0 amide bonds. The summed E-state index contributed by atoms with van der Waals surface area (Å²) in [6.45, 7) is 6.08. The Labute approximate surface area is 79.5 Å². The van der Waals surface area contributed by atoms with Crippen LogP contribution in [0.3, 0.4) is 0 Å². The number of aliphatic hydroxyl groups is 1. The number of rotatable bonds is 2. The van der Waals surface area contributed by atoms with Gasteiger partial charge in [-0.2, -0.15) is 0 Å². The lowest BCUT2D eigenvalue weighted by Gasteiger charge is -2.26. The molecule has 0 spiro atoms. The second-order valence-corrected chi connectivity index (χ2v) is 6.95. The van der Waals surface area contributed by atoms with Gasteiger partial charge in [-0.05, 0) is 11.8 Å². The standard InChI is InChI=1S/C7H14Br2O/c1-7(2,3)5(10)4-6(8)9/h5-6,10H,4H2,1-3H3. The topological polar surface area (TPSA) is 20.2 Å². The summed E-state index contributed by atoms with van der Waals surface area (Å²) in [5, 5.41) is 9.50. The van der Waals surface area contributed by atoms with Crippen molar-refractivity contribution in [3.05, 3.63) is 0 Å². The Kier molecular flexibility index (Phi) is 4.45. The third kappa shape index (κ3) is 4.69. The summed E-state index contributed by atoms with van der Waals surface area (Å²) in [7, 11) is 0.